The summed E-state index contributed by atoms with van der Waals surface area (Å²) in [5.41, 5.74) is 1.08. The molecule has 1 amide bonds. The number of nitrogens with zero attached hydrogens (tertiary/aromatic N) is 4. The average molecular weight is 582 g/mol. The maximum Gasteiger partial charge on any atom is 0.245 e. The lowest BCUT2D eigenvalue weighted by molar-refractivity contribution is -0.118. The monoisotopic (exact) mass is 581 g/mol. The first-order valence-corrected chi connectivity index (χ1v) is 14.8. The van der Waals surface area contributed by atoms with Crippen molar-refractivity contribution in [3.8, 4) is 5.69 Å². The summed E-state index contributed by atoms with van der Waals surface area (Å²) in [6.07, 6.45) is 3.16. The van der Waals surface area contributed by atoms with Crippen LogP contribution in [0.2, 0.25) is 4.34 Å². The van der Waals surface area contributed by atoms with Gasteiger partial charge in [-0.05, 0) is 49.6 Å². The van der Waals surface area contributed by atoms with Crippen LogP contribution in [0, 0.1) is 5.82 Å². The minimum atomic E-state index is -3.93. The summed E-state index contributed by atoms with van der Waals surface area (Å²) in [6.45, 7) is 3.24. The molecule has 8 nitrogen and oxygen atoms in total. The van der Waals surface area contributed by atoms with E-state index < -0.39 is 34.0 Å². The molecule has 1 aromatic carbocycles. The van der Waals surface area contributed by atoms with E-state index in [-0.39, 0.29) is 18.7 Å². The van der Waals surface area contributed by atoms with Crippen LogP contribution in [0.4, 0.5) is 14.5 Å². The van der Waals surface area contributed by atoms with Crippen LogP contribution in [0.1, 0.15) is 30.5 Å². The molecule has 2 atom stereocenters. The Bertz CT molecular complexity index is 1490. The highest BCUT2D eigenvalue weighted by molar-refractivity contribution is 7.92. The summed E-state index contributed by atoms with van der Waals surface area (Å²) in [7, 11) is -3.93. The van der Waals surface area contributed by atoms with Crippen LogP contribution in [0.25, 0.3) is 11.3 Å². The van der Waals surface area contributed by atoms with Crippen molar-refractivity contribution in [2.45, 2.75) is 38.5 Å². The molecule has 0 aliphatic carbocycles. The summed E-state index contributed by atoms with van der Waals surface area (Å²) in [6, 6.07) is 6.89. The van der Waals surface area contributed by atoms with E-state index in [1.165, 1.54) is 28.4 Å². The van der Waals surface area contributed by atoms with Gasteiger partial charge in [0, 0.05) is 48.7 Å². The molecule has 0 saturated carbocycles. The molecular weight excluding hydrogens is 556 g/mol. The van der Waals surface area contributed by atoms with Crippen LogP contribution >= 0.6 is 22.9 Å². The van der Waals surface area contributed by atoms with Crippen LogP contribution in [0.5, 0.6) is 0 Å². The van der Waals surface area contributed by atoms with Gasteiger partial charge < -0.3 is 9.47 Å². The summed E-state index contributed by atoms with van der Waals surface area (Å²) in [4.78, 5) is 21.3. The van der Waals surface area contributed by atoms with Crippen molar-refractivity contribution in [2.24, 2.45) is 0 Å². The van der Waals surface area contributed by atoms with Crippen molar-refractivity contribution >= 4 is 50.1 Å². The second kappa shape index (κ2) is 10.9. The molecule has 2 saturated heterocycles. The molecule has 0 radical (unpaired) electrons. The molecule has 0 bridgehead atoms. The number of benzene rings is 1. The van der Waals surface area contributed by atoms with E-state index in [1.54, 1.807) is 42.1 Å². The minimum absolute atomic E-state index is 0.0712. The maximum absolute atomic E-state index is 15.2. The second-order valence-electron chi connectivity index (χ2n) is 9.37. The zero-order valence-electron chi connectivity index (χ0n) is 20.5. The molecule has 13 heteroatoms. The van der Waals surface area contributed by atoms with Gasteiger partial charge in [-0.3, -0.25) is 9.69 Å². The van der Waals surface area contributed by atoms with Gasteiger partial charge in [-0.25, -0.2) is 22.2 Å². The van der Waals surface area contributed by atoms with Crippen LogP contribution in [-0.4, -0.2) is 60.6 Å². The van der Waals surface area contributed by atoms with Crippen molar-refractivity contribution in [3.63, 3.8) is 0 Å². The van der Waals surface area contributed by atoms with Gasteiger partial charge in [0.05, 0.1) is 22.0 Å². The number of allylic oxidation sites excluding steroid dienone is 1. The lowest BCUT2D eigenvalue weighted by atomic mass is 10.2. The Morgan fingerprint density at radius 2 is 2.08 bits per heavy atom. The predicted octanol–water partition coefficient (Wildman–Crippen LogP) is 4.36. The number of anilines is 1. The Labute approximate surface area is 228 Å². The molecule has 2 aliphatic heterocycles. The molecule has 4 heterocycles. The number of rotatable bonds is 8. The van der Waals surface area contributed by atoms with Crippen molar-refractivity contribution in [3.05, 3.63) is 69.0 Å². The summed E-state index contributed by atoms with van der Waals surface area (Å²) >= 11 is 7.18. The van der Waals surface area contributed by atoms with Gasteiger partial charge >= 0.3 is 0 Å². The van der Waals surface area contributed by atoms with E-state index in [0.29, 0.717) is 52.4 Å². The minimum Gasteiger partial charge on any atom is -0.308 e. The number of aromatic nitrogens is 2. The van der Waals surface area contributed by atoms with Crippen molar-refractivity contribution in [1.29, 1.82) is 0 Å². The van der Waals surface area contributed by atoms with Gasteiger partial charge in [-0.15, -0.1) is 11.3 Å². The number of halogens is 3. The molecule has 38 heavy (non-hydrogen) atoms. The fourth-order valence-electron chi connectivity index (χ4n) is 4.76. The first kappa shape index (κ1) is 26.9. The number of alkyl halides is 1. The molecule has 2 fully saturated rings. The molecule has 2 aromatic heterocycles. The van der Waals surface area contributed by atoms with Gasteiger partial charge in [0.25, 0.3) is 0 Å². The van der Waals surface area contributed by atoms with Gasteiger partial charge in [0.1, 0.15) is 23.9 Å². The molecule has 2 aliphatic rings. The molecule has 0 spiro atoms. The number of carbonyl (C=O) groups excluding carboxylic acids is 1. The zero-order valence-corrected chi connectivity index (χ0v) is 22.9. The Morgan fingerprint density at radius 1 is 1.26 bits per heavy atom. The summed E-state index contributed by atoms with van der Waals surface area (Å²) < 4.78 is 58.9. The van der Waals surface area contributed by atoms with E-state index in [1.807, 2.05) is 4.90 Å². The number of imidazole rings is 1. The number of carbonyl (C=O) groups is 1. The van der Waals surface area contributed by atoms with Crippen molar-refractivity contribution in [2.75, 3.05) is 24.5 Å². The molecule has 202 valence electrons. The smallest absolute Gasteiger partial charge is 0.245 e. The van der Waals surface area contributed by atoms with Crippen LogP contribution in [0.15, 0.2) is 48.1 Å². The van der Waals surface area contributed by atoms with Gasteiger partial charge in [0.15, 0.2) is 0 Å². The lowest BCUT2D eigenvalue weighted by Gasteiger charge is -2.19. The number of hydrogen-bond donors (Lipinski definition) is 1. The first-order valence-electron chi connectivity index (χ1n) is 12.1. The standard InChI is InChI=1S/C25H26ClF2N5O3S2/c1-16(22-4-5-23(26)37-22)15-38(35,36)30-20-7-10-33(25(20)34)21-3-2-18(12-19(21)28)32-11-8-29-24(32)14-31-9-6-17(27)13-31/h2-5,8,11-12,15,17,20,30H,6-7,9-10,13-14H2,1H3/b16-15+. The second-order valence-corrected chi connectivity index (χ2v) is 12.6. The zero-order chi connectivity index (χ0) is 27.0. The van der Waals surface area contributed by atoms with Crippen molar-refractivity contribution < 1.29 is 22.0 Å². The molecule has 2 unspecified atom stereocenters. The molecule has 5 rings (SSSR count). The summed E-state index contributed by atoms with van der Waals surface area (Å²) in [5, 5.41) is 1.07. The highest BCUT2D eigenvalue weighted by atomic mass is 35.5. The van der Waals surface area contributed by atoms with E-state index in [2.05, 4.69) is 9.71 Å². The quantitative estimate of drug-likeness (QED) is 0.427. The highest BCUT2D eigenvalue weighted by Crippen LogP contribution is 2.30. The van der Waals surface area contributed by atoms with E-state index >= 15 is 4.39 Å². The molecular formula is C25H26ClF2N5O3S2. The van der Waals surface area contributed by atoms with Gasteiger partial charge in [-0.2, -0.15) is 4.72 Å². The molecule has 3 aromatic rings. The van der Waals surface area contributed by atoms with Gasteiger partial charge in [0.2, 0.25) is 15.9 Å². The fourth-order valence-corrected chi connectivity index (χ4v) is 7.12. The van der Waals surface area contributed by atoms with E-state index in [9.17, 15) is 17.6 Å². The Balaban J connectivity index is 1.28. The predicted molar refractivity (Wildman–Crippen MR) is 144 cm³/mol. The Kier molecular flexibility index (Phi) is 7.70. The Hall–Kier alpha value is -2.64. The fraction of sp³-hybridized carbons (Fsp3) is 0.360. The average Bonchev–Trinajstić information content (AvgIpc) is 3.64. The first-order chi connectivity index (χ1) is 18.1. The number of thiophene rings is 1. The lowest BCUT2D eigenvalue weighted by Crippen LogP contribution is -2.41. The normalized spacial score (nSPS) is 21.1. The van der Waals surface area contributed by atoms with Crippen LogP contribution in [-0.2, 0) is 21.4 Å². The maximum atomic E-state index is 15.2. The number of nitrogens with one attached hydrogen (secondary N) is 1. The van der Waals surface area contributed by atoms with Crippen LogP contribution < -0.4 is 9.62 Å². The van der Waals surface area contributed by atoms with E-state index in [4.69, 9.17) is 11.6 Å². The summed E-state index contributed by atoms with van der Waals surface area (Å²) in [5.74, 6) is -0.482. The largest absolute Gasteiger partial charge is 0.308 e. The highest BCUT2D eigenvalue weighted by Gasteiger charge is 2.36. The van der Waals surface area contributed by atoms with Crippen molar-refractivity contribution in [1.82, 2.24) is 19.2 Å². The number of amides is 1. The van der Waals surface area contributed by atoms with Crippen LogP contribution in [0.3, 0.4) is 0 Å². The SMILES string of the molecule is C/C(=C\S(=O)(=O)NC1CCN(c2ccc(-n3ccnc3CN3CCC(F)C3)cc2F)C1=O)c1ccc(Cl)s1. The Morgan fingerprint density at radius 3 is 2.76 bits per heavy atom. The third-order valence-corrected chi connectivity index (χ3v) is 9.25. The molecule has 1 N–H and O–H groups in total. The van der Waals surface area contributed by atoms with E-state index in [0.717, 1.165) is 5.41 Å². The third-order valence-electron chi connectivity index (χ3n) is 6.60. The number of hydrogen-bond acceptors (Lipinski definition) is 6. The number of sulfonamides is 1. The van der Waals surface area contributed by atoms with Gasteiger partial charge in [-0.1, -0.05) is 11.6 Å². The number of likely N-dealkylation sites (tertiary alicyclic amines) is 1. The topological polar surface area (TPSA) is 87.5 Å². The third kappa shape index (κ3) is 5.84.